The molecule has 0 unspecified atom stereocenters. The van der Waals surface area contributed by atoms with Crippen molar-refractivity contribution in [3.8, 4) is 0 Å². The van der Waals surface area contributed by atoms with Gasteiger partial charge in [-0.15, -0.1) is 0 Å². The Kier molecular flexibility index (Phi) is 2.31. The summed E-state index contributed by atoms with van der Waals surface area (Å²) >= 11 is 0. The van der Waals surface area contributed by atoms with Crippen LogP contribution in [0, 0.1) is 0 Å². The molecule has 0 saturated heterocycles. The van der Waals surface area contributed by atoms with E-state index in [2.05, 4.69) is 9.97 Å². The van der Waals surface area contributed by atoms with E-state index in [0.717, 1.165) is 0 Å². The first-order chi connectivity index (χ1) is 7.13. The van der Waals surface area contributed by atoms with Gasteiger partial charge in [0.1, 0.15) is 0 Å². The molecule has 0 saturated carbocycles. The third-order valence-electron chi connectivity index (χ3n) is 2.24. The second-order valence-corrected chi connectivity index (χ2v) is 3.44. The van der Waals surface area contributed by atoms with Crippen molar-refractivity contribution in [1.82, 2.24) is 14.5 Å². The van der Waals surface area contributed by atoms with Crippen LogP contribution in [0.25, 0.3) is 0 Å². The van der Waals surface area contributed by atoms with E-state index in [-0.39, 0.29) is 5.69 Å². The van der Waals surface area contributed by atoms with Gasteiger partial charge in [-0.1, -0.05) is 0 Å². The molecule has 0 N–H and O–H groups in total. The Morgan fingerprint density at radius 1 is 1.33 bits per heavy atom. The van der Waals surface area contributed by atoms with E-state index in [4.69, 9.17) is 4.84 Å². The summed E-state index contributed by atoms with van der Waals surface area (Å²) in [6.07, 6.45) is 0. The molecule has 1 aliphatic heterocycles. The van der Waals surface area contributed by atoms with Gasteiger partial charge in [0.25, 0.3) is 0 Å². The van der Waals surface area contributed by atoms with E-state index < -0.39 is 0 Å². The Balaban J connectivity index is 2.53. The van der Waals surface area contributed by atoms with Gasteiger partial charge in [0.2, 0.25) is 11.9 Å². The third-order valence-corrected chi connectivity index (χ3v) is 2.24. The van der Waals surface area contributed by atoms with Crippen LogP contribution in [-0.2, 0) is 11.4 Å². The number of aromatic nitrogens is 3. The average Bonchev–Trinajstić information content (AvgIpc) is 2.60. The second kappa shape index (κ2) is 3.50. The first-order valence-electron chi connectivity index (χ1n) is 4.61. The number of hydroxylamine groups is 1. The lowest BCUT2D eigenvalue weighted by molar-refractivity contribution is 0.172. The summed E-state index contributed by atoms with van der Waals surface area (Å²) in [5.74, 6) is 0.913. The maximum absolute atomic E-state index is 11.6. The minimum absolute atomic E-state index is 0.289. The predicted molar refractivity (Wildman–Crippen MR) is 55.0 cm³/mol. The minimum atomic E-state index is -0.289. The normalized spacial score (nSPS) is 14.2. The Morgan fingerprint density at radius 3 is 2.67 bits per heavy atom. The maximum atomic E-state index is 11.6. The summed E-state index contributed by atoms with van der Waals surface area (Å²) in [5.41, 5.74) is -0.289. The van der Waals surface area contributed by atoms with Crippen molar-refractivity contribution in [2.45, 2.75) is 6.54 Å². The van der Waals surface area contributed by atoms with Crippen molar-refractivity contribution in [1.29, 1.82) is 0 Å². The molecule has 0 aromatic carbocycles. The summed E-state index contributed by atoms with van der Waals surface area (Å²) in [5, 5.41) is 1.58. The fourth-order valence-corrected chi connectivity index (χ4v) is 1.46. The van der Waals surface area contributed by atoms with Crippen LogP contribution < -0.4 is 15.7 Å². The molecule has 1 aromatic rings. The van der Waals surface area contributed by atoms with Gasteiger partial charge in [0, 0.05) is 14.1 Å². The number of rotatable bonds is 2. The predicted octanol–water partition coefficient (Wildman–Crippen LogP) is -0.914. The molecule has 1 aromatic heterocycles. The van der Waals surface area contributed by atoms with Crippen molar-refractivity contribution in [2.75, 3.05) is 37.7 Å². The van der Waals surface area contributed by atoms with Gasteiger partial charge in [-0.3, -0.25) is 9.40 Å². The molecule has 0 atom stereocenters. The van der Waals surface area contributed by atoms with Crippen molar-refractivity contribution in [3.05, 3.63) is 10.5 Å². The number of hydrogen-bond donors (Lipinski definition) is 0. The van der Waals surface area contributed by atoms with Crippen LogP contribution in [-0.4, -0.2) is 42.3 Å². The topological polar surface area (TPSA) is 63.5 Å². The van der Waals surface area contributed by atoms with E-state index >= 15 is 0 Å². The molecule has 7 heteroatoms. The van der Waals surface area contributed by atoms with E-state index in [1.165, 1.54) is 4.57 Å². The number of hydrogen-bond acceptors (Lipinski definition) is 6. The molecule has 0 fully saturated rings. The Labute approximate surface area is 86.9 Å². The SMILES string of the molecule is CON1CCn2c1nc(N(C)C)nc2=O. The summed E-state index contributed by atoms with van der Waals surface area (Å²) in [6, 6.07) is 0. The number of anilines is 2. The van der Waals surface area contributed by atoms with Gasteiger partial charge < -0.3 is 4.90 Å². The lowest BCUT2D eigenvalue weighted by Gasteiger charge is -2.15. The molecule has 0 spiro atoms. The molecule has 2 rings (SSSR count). The Hall–Kier alpha value is -1.63. The summed E-state index contributed by atoms with van der Waals surface area (Å²) in [4.78, 5) is 26.5. The van der Waals surface area contributed by atoms with Crippen LogP contribution in [0.4, 0.5) is 11.9 Å². The quantitative estimate of drug-likeness (QED) is 0.630. The van der Waals surface area contributed by atoms with Crippen LogP contribution in [0.5, 0.6) is 0 Å². The molecule has 2 heterocycles. The molecule has 0 aliphatic carbocycles. The summed E-state index contributed by atoms with van der Waals surface area (Å²) < 4.78 is 1.50. The van der Waals surface area contributed by atoms with Crippen molar-refractivity contribution >= 4 is 11.9 Å². The minimum Gasteiger partial charge on any atom is -0.347 e. The molecule has 15 heavy (non-hydrogen) atoms. The van der Waals surface area contributed by atoms with Gasteiger partial charge >= 0.3 is 5.69 Å². The lowest BCUT2D eigenvalue weighted by Crippen LogP contribution is -2.27. The zero-order chi connectivity index (χ0) is 11.0. The summed E-state index contributed by atoms with van der Waals surface area (Å²) in [7, 11) is 5.13. The van der Waals surface area contributed by atoms with E-state index in [0.29, 0.717) is 25.0 Å². The fraction of sp³-hybridized carbons (Fsp3) is 0.625. The standard InChI is InChI=1S/C8H13N5O2/c1-11(2)6-9-7-12(8(14)10-6)4-5-13(7)15-3/h4-5H2,1-3H3. The van der Waals surface area contributed by atoms with Crippen LogP contribution >= 0.6 is 0 Å². The lowest BCUT2D eigenvalue weighted by atomic mass is 10.7. The van der Waals surface area contributed by atoms with Crippen LogP contribution in [0.15, 0.2) is 4.79 Å². The molecule has 82 valence electrons. The van der Waals surface area contributed by atoms with E-state index in [1.807, 2.05) is 0 Å². The third kappa shape index (κ3) is 1.54. The van der Waals surface area contributed by atoms with Gasteiger partial charge in [-0.2, -0.15) is 9.97 Å². The van der Waals surface area contributed by atoms with Crippen molar-refractivity contribution in [3.63, 3.8) is 0 Å². The fourth-order valence-electron chi connectivity index (χ4n) is 1.46. The highest BCUT2D eigenvalue weighted by Crippen LogP contribution is 2.17. The Morgan fingerprint density at radius 2 is 2.07 bits per heavy atom. The highest BCUT2D eigenvalue weighted by Gasteiger charge is 2.23. The second-order valence-electron chi connectivity index (χ2n) is 3.44. The molecule has 1 aliphatic rings. The van der Waals surface area contributed by atoms with Crippen LogP contribution in [0.1, 0.15) is 0 Å². The molecule has 0 bridgehead atoms. The first kappa shape index (κ1) is 9.91. The molecule has 7 nitrogen and oxygen atoms in total. The van der Waals surface area contributed by atoms with E-state index in [1.54, 1.807) is 31.2 Å². The van der Waals surface area contributed by atoms with Crippen LogP contribution in [0.3, 0.4) is 0 Å². The smallest absolute Gasteiger partial charge is 0.347 e. The van der Waals surface area contributed by atoms with Crippen molar-refractivity contribution < 1.29 is 4.84 Å². The molecular weight excluding hydrogens is 198 g/mol. The van der Waals surface area contributed by atoms with E-state index in [9.17, 15) is 4.79 Å². The Bertz CT molecular complexity index is 428. The zero-order valence-electron chi connectivity index (χ0n) is 8.97. The van der Waals surface area contributed by atoms with Gasteiger partial charge in [0.05, 0.1) is 20.2 Å². The average molecular weight is 211 g/mol. The first-order valence-corrected chi connectivity index (χ1v) is 4.61. The maximum Gasteiger partial charge on any atom is 0.353 e. The summed E-state index contributed by atoms with van der Waals surface area (Å²) in [6.45, 7) is 1.19. The van der Waals surface area contributed by atoms with Gasteiger partial charge in [-0.05, 0) is 0 Å². The zero-order valence-corrected chi connectivity index (χ0v) is 8.97. The highest BCUT2D eigenvalue weighted by atomic mass is 16.7. The molecule has 0 amide bonds. The molecular formula is C8H13N5O2. The molecule has 0 radical (unpaired) electrons. The van der Waals surface area contributed by atoms with Crippen LogP contribution in [0.2, 0.25) is 0 Å². The van der Waals surface area contributed by atoms with Crippen molar-refractivity contribution in [2.24, 2.45) is 0 Å². The number of fused-ring (bicyclic) bond motifs is 1. The van der Waals surface area contributed by atoms with Gasteiger partial charge in [0.15, 0.2) is 0 Å². The monoisotopic (exact) mass is 211 g/mol. The number of nitrogens with zero attached hydrogens (tertiary/aromatic N) is 5. The largest absolute Gasteiger partial charge is 0.353 e. The van der Waals surface area contributed by atoms with Gasteiger partial charge in [-0.25, -0.2) is 9.86 Å². The highest BCUT2D eigenvalue weighted by molar-refractivity contribution is 5.37.